The van der Waals surface area contributed by atoms with E-state index in [-0.39, 0.29) is 23.5 Å². The van der Waals surface area contributed by atoms with E-state index < -0.39 is 36.7 Å². The van der Waals surface area contributed by atoms with Gasteiger partial charge >= 0.3 is 6.61 Å². The molecular weight excluding hydrogens is 407 g/mol. The Hall–Kier alpha value is -3.76. The summed E-state index contributed by atoms with van der Waals surface area (Å²) in [5.41, 5.74) is 4.87. The lowest BCUT2D eigenvalue weighted by Crippen LogP contribution is -2.46. The summed E-state index contributed by atoms with van der Waals surface area (Å²) >= 11 is 0. The number of benzene rings is 2. The van der Waals surface area contributed by atoms with E-state index in [4.69, 9.17) is 4.74 Å². The molecule has 0 atom stereocenters. The normalized spacial score (nSPS) is 10.3. The number of hydrogen-bond acceptors (Lipinski definition) is 5. The molecule has 0 spiro atoms. The zero-order chi connectivity index (χ0) is 22.1. The Bertz CT molecular complexity index is 907. The first-order valence-corrected chi connectivity index (χ1v) is 8.51. The average molecular weight is 425 g/mol. The van der Waals surface area contributed by atoms with Crippen LogP contribution in [0, 0.1) is 5.82 Å². The van der Waals surface area contributed by atoms with Gasteiger partial charge in [0.1, 0.15) is 5.82 Å². The number of carbonyl (C=O) groups is 3. The quantitative estimate of drug-likeness (QED) is 0.557. The maximum Gasteiger partial charge on any atom is 0.387 e. The fraction of sp³-hybridized carbons (Fsp3) is 0.211. The van der Waals surface area contributed by atoms with Gasteiger partial charge in [-0.1, -0.05) is 12.1 Å². The van der Waals surface area contributed by atoms with E-state index in [2.05, 4.69) is 20.9 Å². The van der Waals surface area contributed by atoms with E-state index in [1.54, 1.807) is 0 Å². The molecule has 0 unspecified atom stereocenters. The van der Waals surface area contributed by atoms with Gasteiger partial charge in [0.05, 0.1) is 20.1 Å². The molecule has 2 aromatic carbocycles. The van der Waals surface area contributed by atoms with Gasteiger partial charge in [0.15, 0.2) is 11.5 Å². The molecule has 0 aliphatic heterocycles. The molecule has 0 saturated heterocycles. The molecule has 11 heteroatoms. The van der Waals surface area contributed by atoms with Crippen LogP contribution in [-0.4, -0.2) is 38.0 Å². The van der Waals surface area contributed by atoms with Crippen LogP contribution in [0.4, 0.5) is 13.2 Å². The fourth-order valence-electron chi connectivity index (χ4n) is 2.28. The Balaban J connectivity index is 1.80. The van der Waals surface area contributed by atoms with Crippen LogP contribution in [0.2, 0.25) is 0 Å². The highest BCUT2D eigenvalue weighted by atomic mass is 19.3. The van der Waals surface area contributed by atoms with Gasteiger partial charge in [-0.05, 0) is 35.9 Å². The minimum atomic E-state index is -3.06. The van der Waals surface area contributed by atoms with E-state index in [1.807, 2.05) is 0 Å². The Morgan fingerprint density at radius 1 is 0.967 bits per heavy atom. The van der Waals surface area contributed by atoms with Gasteiger partial charge in [0.25, 0.3) is 11.8 Å². The Morgan fingerprint density at radius 2 is 1.63 bits per heavy atom. The largest absolute Gasteiger partial charge is 0.493 e. The van der Waals surface area contributed by atoms with Gasteiger partial charge in [0, 0.05) is 5.56 Å². The summed E-state index contributed by atoms with van der Waals surface area (Å²) in [5, 5.41) is 2.30. The van der Waals surface area contributed by atoms with Gasteiger partial charge in [-0.3, -0.25) is 25.2 Å². The smallest absolute Gasteiger partial charge is 0.387 e. The van der Waals surface area contributed by atoms with Gasteiger partial charge in [-0.25, -0.2) is 4.39 Å². The molecule has 2 rings (SSSR count). The third kappa shape index (κ3) is 7.00. The molecule has 0 fully saturated rings. The standard InChI is InChI=1S/C19H18F3N3O5/c1-29-15-9-12(4-7-14(15)30-19(21)22)18(28)23-10-17(27)25-24-16(26)8-11-2-5-13(20)6-3-11/h2-7,9,19H,8,10H2,1H3,(H,23,28)(H,24,26)(H,25,27). The highest BCUT2D eigenvalue weighted by Gasteiger charge is 2.15. The average Bonchev–Trinajstić information content (AvgIpc) is 2.72. The minimum Gasteiger partial charge on any atom is -0.493 e. The van der Waals surface area contributed by atoms with E-state index in [0.717, 1.165) is 6.07 Å². The molecule has 0 aromatic heterocycles. The number of amides is 3. The summed E-state index contributed by atoms with van der Waals surface area (Å²) in [6.07, 6.45) is -0.0836. The van der Waals surface area contributed by atoms with Crippen molar-refractivity contribution in [2.45, 2.75) is 13.0 Å². The number of alkyl halides is 2. The summed E-state index contributed by atoms with van der Waals surface area (Å²) in [4.78, 5) is 35.6. The molecule has 0 radical (unpaired) electrons. The number of hydrogen-bond donors (Lipinski definition) is 3. The highest BCUT2D eigenvalue weighted by Crippen LogP contribution is 2.29. The molecule has 3 N–H and O–H groups in total. The van der Waals surface area contributed by atoms with Crippen molar-refractivity contribution in [2.24, 2.45) is 0 Å². The van der Waals surface area contributed by atoms with Crippen molar-refractivity contribution in [3.05, 3.63) is 59.4 Å². The van der Waals surface area contributed by atoms with Crippen molar-refractivity contribution < 1.29 is 37.0 Å². The Labute approximate surface area is 169 Å². The maximum atomic E-state index is 12.8. The number of rotatable bonds is 8. The second kappa shape index (κ2) is 10.7. The second-order valence-corrected chi connectivity index (χ2v) is 5.83. The summed E-state index contributed by atoms with van der Waals surface area (Å²) in [7, 11) is 1.22. The second-order valence-electron chi connectivity index (χ2n) is 5.83. The van der Waals surface area contributed by atoms with E-state index in [1.165, 1.54) is 43.5 Å². The molecule has 8 nitrogen and oxygen atoms in total. The number of halogens is 3. The van der Waals surface area contributed by atoms with Crippen LogP contribution in [0.25, 0.3) is 0 Å². The van der Waals surface area contributed by atoms with Crippen molar-refractivity contribution in [1.82, 2.24) is 16.2 Å². The molecule has 0 bridgehead atoms. The lowest BCUT2D eigenvalue weighted by molar-refractivity contribution is -0.128. The Morgan fingerprint density at radius 3 is 2.27 bits per heavy atom. The van der Waals surface area contributed by atoms with E-state index in [9.17, 15) is 27.6 Å². The molecule has 30 heavy (non-hydrogen) atoms. The monoisotopic (exact) mass is 425 g/mol. The maximum absolute atomic E-state index is 12.8. The third-order valence-corrected chi connectivity index (χ3v) is 3.67. The summed E-state index contributed by atoms with van der Waals surface area (Å²) in [5.74, 6) is -2.69. The summed E-state index contributed by atoms with van der Waals surface area (Å²) < 4.78 is 46.6. The minimum absolute atomic E-state index is 0.0432. The molecule has 0 aliphatic rings. The van der Waals surface area contributed by atoms with Gasteiger partial charge in [-0.2, -0.15) is 8.78 Å². The molecule has 160 valence electrons. The number of carbonyl (C=O) groups excluding carboxylic acids is 3. The van der Waals surface area contributed by atoms with Crippen LogP contribution in [0.1, 0.15) is 15.9 Å². The Kier molecular flexibility index (Phi) is 8.03. The van der Waals surface area contributed by atoms with Crippen molar-refractivity contribution in [3.8, 4) is 11.5 Å². The summed E-state index contributed by atoms with van der Waals surface area (Å²) in [6.45, 7) is -3.52. The van der Waals surface area contributed by atoms with Crippen LogP contribution in [-0.2, 0) is 16.0 Å². The molecule has 0 heterocycles. The molecule has 2 aromatic rings. The van der Waals surface area contributed by atoms with Crippen molar-refractivity contribution in [3.63, 3.8) is 0 Å². The van der Waals surface area contributed by atoms with Gasteiger partial charge < -0.3 is 14.8 Å². The van der Waals surface area contributed by atoms with Crippen LogP contribution >= 0.6 is 0 Å². The first kappa shape index (κ1) is 22.5. The molecule has 3 amide bonds. The van der Waals surface area contributed by atoms with E-state index in [0.29, 0.717) is 5.56 Å². The number of ether oxygens (including phenoxy) is 2. The molecule has 0 aliphatic carbocycles. The van der Waals surface area contributed by atoms with Crippen molar-refractivity contribution >= 4 is 17.7 Å². The number of methoxy groups -OCH3 is 1. The van der Waals surface area contributed by atoms with Crippen molar-refractivity contribution in [1.29, 1.82) is 0 Å². The number of nitrogens with one attached hydrogen (secondary N) is 3. The molecule has 0 saturated carbocycles. The highest BCUT2D eigenvalue weighted by molar-refractivity contribution is 5.97. The van der Waals surface area contributed by atoms with Crippen LogP contribution in [0.5, 0.6) is 11.5 Å². The lowest BCUT2D eigenvalue weighted by Gasteiger charge is -2.12. The van der Waals surface area contributed by atoms with Crippen molar-refractivity contribution in [2.75, 3.05) is 13.7 Å². The van der Waals surface area contributed by atoms with Gasteiger partial charge in [0.2, 0.25) is 5.91 Å². The summed E-state index contributed by atoms with van der Waals surface area (Å²) in [6, 6.07) is 8.81. The predicted octanol–water partition coefficient (Wildman–Crippen LogP) is 1.56. The topological polar surface area (TPSA) is 106 Å². The first-order valence-electron chi connectivity index (χ1n) is 8.51. The first-order chi connectivity index (χ1) is 14.3. The van der Waals surface area contributed by atoms with Crippen LogP contribution < -0.4 is 25.6 Å². The third-order valence-electron chi connectivity index (χ3n) is 3.67. The SMILES string of the molecule is COc1cc(C(=O)NCC(=O)NNC(=O)Cc2ccc(F)cc2)ccc1OC(F)F. The van der Waals surface area contributed by atoms with E-state index >= 15 is 0 Å². The zero-order valence-electron chi connectivity index (χ0n) is 15.7. The lowest BCUT2D eigenvalue weighted by atomic mass is 10.1. The van der Waals surface area contributed by atoms with Crippen LogP contribution in [0.3, 0.4) is 0 Å². The van der Waals surface area contributed by atoms with Crippen LogP contribution in [0.15, 0.2) is 42.5 Å². The van der Waals surface area contributed by atoms with Gasteiger partial charge in [-0.15, -0.1) is 0 Å². The zero-order valence-corrected chi connectivity index (χ0v) is 15.7. The predicted molar refractivity (Wildman–Crippen MR) is 98.3 cm³/mol. The molecular formula is C19H18F3N3O5. The fourth-order valence-corrected chi connectivity index (χ4v) is 2.28. The number of hydrazine groups is 1.